The number of nitrogens with two attached hydrogens (primary N) is 1. The van der Waals surface area contributed by atoms with Crippen molar-refractivity contribution in [1.29, 1.82) is 0 Å². The van der Waals surface area contributed by atoms with E-state index in [0.29, 0.717) is 18.7 Å². The van der Waals surface area contributed by atoms with Crippen LogP contribution in [0.2, 0.25) is 0 Å². The van der Waals surface area contributed by atoms with Crippen LogP contribution in [0.25, 0.3) is 22.0 Å². The second-order valence-corrected chi connectivity index (χ2v) is 12.2. The third-order valence-electron chi connectivity index (χ3n) is 6.73. The SMILES string of the molecule is CCCCNCc1cc(-c2cc(C(N)=O)c3[nH]cc(C4CCN(S(=O)(=O)CC)CC4)c3c2)cs1. The van der Waals surface area contributed by atoms with Gasteiger partial charge in [0.25, 0.3) is 5.91 Å². The lowest BCUT2D eigenvalue weighted by atomic mass is 9.88. The summed E-state index contributed by atoms with van der Waals surface area (Å²) in [6, 6.07) is 6.19. The van der Waals surface area contributed by atoms with Gasteiger partial charge in [0, 0.05) is 36.1 Å². The van der Waals surface area contributed by atoms with E-state index in [1.807, 2.05) is 12.3 Å². The molecule has 0 spiro atoms. The Balaban J connectivity index is 1.62. The van der Waals surface area contributed by atoms with Gasteiger partial charge in [-0.25, -0.2) is 12.7 Å². The fraction of sp³-hybridized carbons (Fsp3) is 0.480. The molecule has 1 aromatic carbocycles. The molecule has 2 aromatic heterocycles. The number of nitrogens with one attached hydrogen (secondary N) is 2. The van der Waals surface area contributed by atoms with Crippen molar-refractivity contribution in [2.45, 2.75) is 52.0 Å². The molecule has 1 aliphatic rings. The molecule has 0 saturated carbocycles. The zero-order valence-corrected chi connectivity index (χ0v) is 21.5. The number of nitrogens with zero attached hydrogens (tertiary/aromatic N) is 1. The molecule has 1 saturated heterocycles. The third kappa shape index (κ3) is 5.22. The average molecular weight is 503 g/mol. The fourth-order valence-electron chi connectivity index (χ4n) is 4.72. The van der Waals surface area contributed by atoms with Crippen molar-refractivity contribution in [3.8, 4) is 11.1 Å². The van der Waals surface area contributed by atoms with E-state index in [1.54, 1.807) is 22.6 Å². The molecule has 0 aliphatic carbocycles. The standard InChI is InChI=1S/C25H34N4O3S2/c1-3-5-8-27-14-20-11-19(16-33-20)18-12-21-23(15-28-24(21)22(13-18)25(26)30)17-6-9-29(10-7-17)34(31,32)4-2/h11-13,15-17,27-28H,3-10,14H2,1-2H3,(H2,26,30). The van der Waals surface area contributed by atoms with Crippen LogP contribution in [-0.2, 0) is 16.6 Å². The summed E-state index contributed by atoms with van der Waals surface area (Å²) >= 11 is 1.71. The van der Waals surface area contributed by atoms with E-state index in [9.17, 15) is 13.2 Å². The molecule has 7 nitrogen and oxygen atoms in total. The number of primary amides is 1. The summed E-state index contributed by atoms with van der Waals surface area (Å²) in [5.41, 5.74) is 10.2. The highest BCUT2D eigenvalue weighted by Gasteiger charge is 2.29. The maximum absolute atomic E-state index is 12.3. The second-order valence-electron chi connectivity index (χ2n) is 8.96. The number of sulfonamides is 1. The quantitative estimate of drug-likeness (QED) is 0.357. The first kappa shape index (κ1) is 24.9. The van der Waals surface area contributed by atoms with Crippen molar-refractivity contribution < 1.29 is 13.2 Å². The predicted molar refractivity (Wildman–Crippen MR) is 140 cm³/mol. The van der Waals surface area contributed by atoms with E-state index >= 15 is 0 Å². The monoisotopic (exact) mass is 502 g/mol. The Bertz CT molecular complexity index is 1250. The fourth-order valence-corrected chi connectivity index (χ4v) is 6.71. The molecule has 3 heterocycles. The Hall–Kier alpha value is -2.20. The summed E-state index contributed by atoms with van der Waals surface area (Å²) in [5, 5.41) is 6.60. The molecule has 4 N–H and O–H groups in total. The Morgan fingerprint density at radius 2 is 1.97 bits per heavy atom. The van der Waals surface area contributed by atoms with E-state index in [-0.39, 0.29) is 11.7 Å². The molecule has 3 aromatic rings. The van der Waals surface area contributed by atoms with Gasteiger partial charge in [-0.1, -0.05) is 13.3 Å². The molecule has 34 heavy (non-hydrogen) atoms. The van der Waals surface area contributed by atoms with E-state index in [2.05, 4.69) is 34.7 Å². The molecular weight excluding hydrogens is 468 g/mol. The van der Waals surface area contributed by atoms with Crippen molar-refractivity contribution in [1.82, 2.24) is 14.6 Å². The van der Waals surface area contributed by atoms with Gasteiger partial charge in [0.15, 0.2) is 0 Å². The number of piperidine rings is 1. The molecule has 1 aliphatic heterocycles. The molecule has 4 rings (SSSR count). The van der Waals surface area contributed by atoms with Crippen LogP contribution in [-0.4, -0.2) is 49.0 Å². The number of amides is 1. The number of thiophene rings is 1. The van der Waals surface area contributed by atoms with Gasteiger partial charge in [-0.15, -0.1) is 11.3 Å². The van der Waals surface area contributed by atoms with Crippen molar-refractivity contribution in [3.63, 3.8) is 0 Å². The Kier molecular flexibility index (Phi) is 7.77. The van der Waals surface area contributed by atoms with Crippen LogP contribution in [0.1, 0.15) is 66.2 Å². The smallest absolute Gasteiger partial charge is 0.250 e. The minimum Gasteiger partial charge on any atom is -0.366 e. The molecule has 0 radical (unpaired) electrons. The number of carbonyl (C=O) groups excluding carboxylic acids is 1. The van der Waals surface area contributed by atoms with E-state index in [1.165, 1.54) is 11.3 Å². The third-order valence-corrected chi connectivity index (χ3v) is 9.55. The first-order valence-electron chi connectivity index (χ1n) is 12.0. The number of carbonyl (C=O) groups is 1. The van der Waals surface area contributed by atoms with Crippen LogP contribution in [0, 0.1) is 0 Å². The maximum Gasteiger partial charge on any atom is 0.250 e. The van der Waals surface area contributed by atoms with Gasteiger partial charge < -0.3 is 16.0 Å². The topological polar surface area (TPSA) is 108 Å². The normalized spacial score (nSPS) is 15.8. The van der Waals surface area contributed by atoms with Gasteiger partial charge in [0.2, 0.25) is 10.0 Å². The molecular formula is C25H34N4O3S2. The lowest BCUT2D eigenvalue weighted by Crippen LogP contribution is -2.38. The van der Waals surface area contributed by atoms with Crippen LogP contribution < -0.4 is 11.1 Å². The average Bonchev–Trinajstić information content (AvgIpc) is 3.48. The van der Waals surface area contributed by atoms with Gasteiger partial charge >= 0.3 is 0 Å². The highest BCUT2D eigenvalue weighted by molar-refractivity contribution is 7.89. The minimum absolute atomic E-state index is 0.132. The predicted octanol–water partition coefficient (Wildman–Crippen LogP) is 4.41. The molecule has 184 valence electrons. The Labute approximate surface area is 205 Å². The highest BCUT2D eigenvalue weighted by atomic mass is 32.2. The van der Waals surface area contributed by atoms with Gasteiger partial charge in [0.1, 0.15) is 0 Å². The van der Waals surface area contributed by atoms with Crippen molar-refractivity contribution >= 4 is 38.2 Å². The summed E-state index contributed by atoms with van der Waals surface area (Å²) < 4.78 is 26.1. The highest BCUT2D eigenvalue weighted by Crippen LogP contribution is 2.38. The molecule has 0 unspecified atom stereocenters. The van der Waals surface area contributed by atoms with Crippen LogP contribution in [0.3, 0.4) is 0 Å². The van der Waals surface area contributed by atoms with Crippen LogP contribution in [0.4, 0.5) is 0 Å². The summed E-state index contributed by atoms with van der Waals surface area (Å²) in [4.78, 5) is 16.8. The Morgan fingerprint density at radius 3 is 2.65 bits per heavy atom. The van der Waals surface area contributed by atoms with E-state index in [4.69, 9.17) is 5.73 Å². The first-order chi connectivity index (χ1) is 16.3. The molecule has 0 atom stereocenters. The summed E-state index contributed by atoms with van der Waals surface area (Å²) in [7, 11) is -3.16. The number of rotatable bonds is 10. The first-order valence-corrected chi connectivity index (χ1v) is 14.5. The number of hydrogen-bond acceptors (Lipinski definition) is 5. The zero-order valence-electron chi connectivity index (χ0n) is 19.9. The molecule has 1 amide bonds. The van der Waals surface area contributed by atoms with Crippen LogP contribution in [0.5, 0.6) is 0 Å². The number of benzene rings is 1. The van der Waals surface area contributed by atoms with Crippen molar-refractivity contribution in [2.24, 2.45) is 5.73 Å². The maximum atomic E-state index is 12.3. The number of fused-ring (bicyclic) bond motifs is 1. The zero-order chi connectivity index (χ0) is 24.3. The van der Waals surface area contributed by atoms with Gasteiger partial charge in [-0.2, -0.15) is 0 Å². The summed E-state index contributed by atoms with van der Waals surface area (Å²) in [6.07, 6.45) is 5.82. The summed E-state index contributed by atoms with van der Waals surface area (Å²) in [5.74, 6) is -0.0954. The largest absolute Gasteiger partial charge is 0.366 e. The number of aromatic amines is 1. The van der Waals surface area contributed by atoms with Gasteiger partial charge in [0.05, 0.1) is 16.8 Å². The second kappa shape index (κ2) is 10.6. The number of unbranched alkanes of at least 4 members (excludes halogenated alkanes) is 1. The summed E-state index contributed by atoms with van der Waals surface area (Å²) in [6.45, 7) is 6.76. The van der Waals surface area contributed by atoms with Gasteiger partial charge in [-0.05, 0) is 78.9 Å². The molecule has 9 heteroatoms. The Morgan fingerprint density at radius 1 is 1.21 bits per heavy atom. The number of aromatic nitrogens is 1. The van der Waals surface area contributed by atoms with Crippen LogP contribution in [0.15, 0.2) is 29.8 Å². The van der Waals surface area contributed by atoms with Crippen molar-refractivity contribution in [2.75, 3.05) is 25.4 Å². The lowest BCUT2D eigenvalue weighted by molar-refractivity contribution is 0.100. The van der Waals surface area contributed by atoms with E-state index < -0.39 is 15.9 Å². The molecule has 1 fully saturated rings. The number of H-pyrrole nitrogens is 1. The lowest BCUT2D eigenvalue weighted by Gasteiger charge is -2.31. The van der Waals surface area contributed by atoms with E-state index in [0.717, 1.165) is 59.9 Å². The minimum atomic E-state index is -3.16. The number of hydrogen-bond donors (Lipinski definition) is 3. The van der Waals surface area contributed by atoms with Gasteiger partial charge in [-0.3, -0.25) is 4.79 Å². The van der Waals surface area contributed by atoms with Crippen molar-refractivity contribution in [3.05, 3.63) is 45.8 Å². The van der Waals surface area contributed by atoms with Crippen LogP contribution >= 0.6 is 11.3 Å². The molecule has 0 bridgehead atoms.